The summed E-state index contributed by atoms with van der Waals surface area (Å²) >= 11 is 0. The van der Waals surface area contributed by atoms with Gasteiger partial charge in [0, 0.05) is 26.2 Å². The molecular weight excluding hydrogens is 190 g/mol. The maximum atomic E-state index is 12.0. The minimum Gasteiger partial charge on any atom is -0.322 e. The van der Waals surface area contributed by atoms with Crippen molar-refractivity contribution < 1.29 is 4.79 Å². The number of nitrogens with zero attached hydrogens (tertiary/aromatic N) is 2. The molecule has 2 fully saturated rings. The van der Waals surface area contributed by atoms with Gasteiger partial charge < -0.3 is 15.1 Å². The van der Waals surface area contributed by atoms with Crippen molar-refractivity contribution in [2.75, 3.05) is 27.2 Å². The Balaban J connectivity index is 1.99. The van der Waals surface area contributed by atoms with Gasteiger partial charge >= 0.3 is 6.03 Å². The topological polar surface area (TPSA) is 35.6 Å². The number of hydrogen-bond donors (Lipinski definition) is 1. The van der Waals surface area contributed by atoms with E-state index in [2.05, 4.69) is 10.2 Å². The average molecular weight is 211 g/mol. The highest BCUT2D eigenvalue weighted by Crippen LogP contribution is 2.27. The zero-order chi connectivity index (χ0) is 10.8. The van der Waals surface area contributed by atoms with Crippen LogP contribution in [-0.2, 0) is 0 Å². The Hall–Kier alpha value is -0.770. The Morgan fingerprint density at radius 1 is 1.40 bits per heavy atom. The number of carbonyl (C=O) groups is 1. The van der Waals surface area contributed by atoms with Crippen LogP contribution < -0.4 is 5.32 Å². The molecule has 2 rings (SSSR count). The summed E-state index contributed by atoms with van der Waals surface area (Å²) in [5, 5.41) is 3.15. The molecule has 15 heavy (non-hydrogen) atoms. The van der Waals surface area contributed by atoms with Crippen LogP contribution in [0, 0.1) is 0 Å². The van der Waals surface area contributed by atoms with E-state index in [1.807, 2.05) is 19.0 Å². The van der Waals surface area contributed by atoms with Crippen LogP contribution in [0.15, 0.2) is 0 Å². The van der Waals surface area contributed by atoms with Gasteiger partial charge in [0.15, 0.2) is 0 Å². The van der Waals surface area contributed by atoms with E-state index in [-0.39, 0.29) is 6.03 Å². The lowest BCUT2D eigenvalue weighted by atomic mass is 10.2. The quantitative estimate of drug-likeness (QED) is 0.752. The van der Waals surface area contributed by atoms with Crippen LogP contribution in [0.25, 0.3) is 0 Å². The molecule has 0 aromatic carbocycles. The highest BCUT2D eigenvalue weighted by molar-refractivity contribution is 5.77. The maximum absolute atomic E-state index is 12.0. The Morgan fingerprint density at radius 3 is 2.67 bits per heavy atom. The van der Waals surface area contributed by atoms with Crippen molar-refractivity contribution in [1.82, 2.24) is 15.1 Å². The minimum atomic E-state index is 0.224. The summed E-state index contributed by atoms with van der Waals surface area (Å²) in [5.74, 6) is 0. The van der Waals surface area contributed by atoms with Crippen molar-refractivity contribution in [3.63, 3.8) is 0 Å². The van der Waals surface area contributed by atoms with Crippen LogP contribution in [0.5, 0.6) is 0 Å². The SMILES string of the molecule is CNCC1CN(C2CCCC2)C(=O)N1C. The fraction of sp³-hybridized carbons (Fsp3) is 0.909. The summed E-state index contributed by atoms with van der Waals surface area (Å²) in [6.07, 6.45) is 4.97. The second kappa shape index (κ2) is 4.39. The van der Waals surface area contributed by atoms with Gasteiger partial charge in [0.2, 0.25) is 0 Å². The van der Waals surface area contributed by atoms with Crippen LogP contribution in [0.1, 0.15) is 25.7 Å². The molecule has 4 nitrogen and oxygen atoms in total. The molecule has 1 heterocycles. The first-order valence-electron chi connectivity index (χ1n) is 5.92. The molecule has 2 aliphatic rings. The molecule has 4 heteroatoms. The number of carbonyl (C=O) groups excluding carboxylic acids is 1. The van der Waals surface area contributed by atoms with Crippen LogP contribution in [-0.4, -0.2) is 55.1 Å². The van der Waals surface area contributed by atoms with Crippen molar-refractivity contribution >= 4 is 6.03 Å². The Morgan fingerprint density at radius 2 is 2.07 bits per heavy atom. The van der Waals surface area contributed by atoms with E-state index in [0.29, 0.717) is 12.1 Å². The summed E-state index contributed by atoms with van der Waals surface area (Å²) in [7, 11) is 3.86. The Bertz CT molecular complexity index is 238. The normalized spacial score (nSPS) is 28.1. The van der Waals surface area contributed by atoms with Gasteiger partial charge in [0.25, 0.3) is 0 Å². The smallest absolute Gasteiger partial charge is 0.320 e. The summed E-state index contributed by atoms with van der Waals surface area (Å²) in [5.41, 5.74) is 0. The molecule has 1 saturated carbocycles. The largest absolute Gasteiger partial charge is 0.322 e. The zero-order valence-electron chi connectivity index (χ0n) is 9.70. The maximum Gasteiger partial charge on any atom is 0.320 e. The van der Waals surface area contributed by atoms with Crippen LogP contribution >= 0.6 is 0 Å². The van der Waals surface area contributed by atoms with Gasteiger partial charge in [-0.3, -0.25) is 0 Å². The third-order valence-corrected chi connectivity index (χ3v) is 3.71. The van der Waals surface area contributed by atoms with E-state index >= 15 is 0 Å². The van der Waals surface area contributed by atoms with Gasteiger partial charge in [-0.15, -0.1) is 0 Å². The molecule has 0 radical (unpaired) electrons. The third kappa shape index (κ3) is 1.95. The number of likely N-dealkylation sites (N-methyl/N-ethyl adjacent to an activating group) is 2. The number of hydrogen-bond acceptors (Lipinski definition) is 2. The van der Waals surface area contributed by atoms with Crippen LogP contribution in [0.4, 0.5) is 4.79 Å². The first kappa shape index (κ1) is 10.7. The second-order valence-electron chi connectivity index (χ2n) is 4.70. The number of urea groups is 1. The van der Waals surface area contributed by atoms with Gasteiger partial charge in [-0.2, -0.15) is 0 Å². The highest BCUT2D eigenvalue weighted by Gasteiger charge is 2.38. The summed E-state index contributed by atoms with van der Waals surface area (Å²) in [4.78, 5) is 16.0. The molecule has 1 N–H and O–H groups in total. The number of nitrogens with one attached hydrogen (secondary N) is 1. The average Bonchev–Trinajstić information content (AvgIpc) is 2.82. The standard InChI is InChI=1S/C11H21N3O/c1-12-7-10-8-14(11(15)13(10)2)9-5-3-4-6-9/h9-10,12H,3-8H2,1-2H3. The number of amides is 2. The van der Waals surface area contributed by atoms with Gasteiger partial charge in [0.1, 0.15) is 0 Å². The predicted molar refractivity (Wildman–Crippen MR) is 59.8 cm³/mol. The van der Waals surface area contributed by atoms with Crippen molar-refractivity contribution in [2.24, 2.45) is 0 Å². The third-order valence-electron chi connectivity index (χ3n) is 3.71. The molecule has 0 aromatic heterocycles. The first-order valence-corrected chi connectivity index (χ1v) is 5.92. The monoisotopic (exact) mass is 211 g/mol. The predicted octanol–water partition coefficient (Wildman–Crippen LogP) is 0.884. The lowest BCUT2D eigenvalue weighted by molar-refractivity contribution is 0.182. The first-order chi connectivity index (χ1) is 7.24. The van der Waals surface area contributed by atoms with Crippen molar-refractivity contribution in [1.29, 1.82) is 0 Å². The van der Waals surface area contributed by atoms with Crippen molar-refractivity contribution in [2.45, 2.75) is 37.8 Å². The summed E-state index contributed by atoms with van der Waals surface area (Å²) < 4.78 is 0. The van der Waals surface area contributed by atoms with E-state index in [0.717, 1.165) is 13.1 Å². The molecule has 86 valence electrons. The van der Waals surface area contributed by atoms with Gasteiger partial charge in [-0.25, -0.2) is 4.79 Å². The second-order valence-corrected chi connectivity index (χ2v) is 4.70. The molecule has 1 atom stereocenters. The molecule has 1 unspecified atom stereocenters. The van der Waals surface area contributed by atoms with Crippen LogP contribution in [0.3, 0.4) is 0 Å². The molecule has 0 bridgehead atoms. The molecule has 0 spiro atoms. The molecular formula is C11H21N3O. The van der Waals surface area contributed by atoms with Crippen LogP contribution in [0.2, 0.25) is 0 Å². The lowest BCUT2D eigenvalue weighted by Crippen LogP contribution is -2.37. The van der Waals surface area contributed by atoms with E-state index < -0.39 is 0 Å². The molecule has 0 aromatic rings. The molecule has 1 saturated heterocycles. The zero-order valence-corrected chi connectivity index (χ0v) is 9.70. The molecule has 2 amide bonds. The number of rotatable bonds is 3. The fourth-order valence-electron chi connectivity index (χ4n) is 2.74. The Labute approximate surface area is 91.6 Å². The van der Waals surface area contributed by atoms with Gasteiger partial charge in [-0.1, -0.05) is 12.8 Å². The van der Waals surface area contributed by atoms with Crippen molar-refractivity contribution in [3.8, 4) is 0 Å². The van der Waals surface area contributed by atoms with E-state index in [4.69, 9.17) is 0 Å². The molecule has 1 aliphatic heterocycles. The van der Waals surface area contributed by atoms with E-state index in [1.54, 1.807) is 0 Å². The highest BCUT2D eigenvalue weighted by atomic mass is 16.2. The minimum absolute atomic E-state index is 0.224. The van der Waals surface area contributed by atoms with Gasteiger partial charge in [-0.05, 0) is 19.9 Å². The van der Waals surface area contributed by atoms with E-state index in [1.165, 1.54) is 25.7 Å². The van der Waals surface area contributed by atoms with E-state index in [9.17, 15) is 4.79 Å². The lowest BCUT2D eigenvalue weighted by Gasteiger charge is -2.22. The summed E-state index contributed by atoms with van der Waals surface area (Å²) in [6.45, 7) is 1.80. The van der Waals surface area contributed by atoms with Crippen molar-refractivity contribution in [3.05, 3.63) is 0 Å². The molecule has 1 aliphatic carbocycles. The van der Waals surface area contributed by atoms with Gasteiger partial charge in [0.05, 0.1) is 6.04 Å². The fourth-order valence-corrected chi connectivity index (χ4v) is 2.74. The summed E-state index contributed by atoms with van der Waals surface area (Å²) in [6, 6.07) is 1.09. The Kier molecular flexibility index (Phi) is 3.14.